The number of methoxy groups -OCH3 is 1. The molecule has 1 aromatic heterocycles. The van der Waals surface area contributed by atoms with E-state index in [0.717, 1.165) is 10.0 Å². The number of hydrogen-bond acceptors (Lipinski definition) is 4. The number of nitrogens with zero attached hydrogens (tertiary/aromatic N) is 2. The fraction of sp³-hybridized carbons (Fsp3) is 0.214. The molecular weight excluding hydrogens is 338 g/mol. The highest BCUT2D eigenvalue weighted by Crippen LogP contribution is 2.12. The first-order valence-electron chi connectivity index (χ1n) is 6.20. The van der Waals surface area contributed by atoms with Gasteiger partial charge in [-0.15, -0.1) is 0 Å². The van der Waals surface area contributed by atoms with Crippen molar-refractivity contribution in [2.75, 3.05) is 12.4 Å². The molecule has 0 aliphatic rings. The number of hydrogen-bond donors (Lipinski definition) is 1. The van der Waals surface area contributed by atoms with Gasteiger partial charge in [-0.05, 0) is 17.7 Å². The predicted octanol–water partition coefficient (Wildman–Crippen LogP) is 2.00. The fourth-order valence-electron chi connectivity index (χ4n) is 1.70. The Hall–Kier alpha value is -2.15. The number of benzene rings is 1. The van der Waals surface area contributed by atoms with Gasteiger partial charge in [0.1, 0.15) is 6.54 Å². The van der Waals surface area contributed by atoms with Crippen LogP contribution in [0.1, 0.15) is 5.56 Å². The van der Waals surface area contributed by atoms with Gasteiger partial charge in [0.2, 0.25) is 5.91 Å². The van der Waals surface area contributed by atoms with E-state index in [1.165, 1.54) is 18.0 Å². The summed E-state index contributed by atoms with van der Waals surface area (Å²) >= 11 is 3.34. The SMILES string of the molecule is COC(=O)Cn1cc(NC(=O)Cc2ccc(Br)cc2)cn1. The van der Waals surface area contributed by atoms with Crippen LogP contribution in [0, 0.1) is 0 Å². The molecule has 7 heteroatoms. The Morgan fingerprint density at radius 2 is 2.05 bits per heavy atom. The average Bonchev–Trinajstić information content (AvgIpc) is 2.88. The third kappa shape index (κ3) is 4.71. The molecule has 0 unspecified atom stereocenters. The molecule has 2 aromatic rings. The van der Waals surface area contributed by atoms with Gasteiger partial charge in [0.05, 0.1) is 25.4 Å². The monoisotopic (exact) mass is 351 g/mol. The highest BCUT2D eigenvalue weighted by atomic mass is 79.9. The van der Waals surface area contributed by atoms with Crippen molar-refractivity contribution >= 4 is 33.5 Å². The fourth-order valence-corrected chi connectivity index (χ4v) is 1.97. The largest absolute Gasteiger partial charge is 0.468 e. The lowest BCUT2D eigenvalue weighted by molar-refractivity contribution is -0.141. The molecule has 0 atom stereocenters. The molecule has 0 bridgehead atoms. The molecule has 0 saturated carbocycles. The molecule has 0 spiro atoms. The van der Waals surface area contributed by atoms with Gasteiger partial charge >= 0.3 is 5.97 Å². The van der Waals surface area contributed by atoms with Crippen molar-refractivity contribution < 1.29 is 14.3 Å². The molecule has 0 aliphatic heterocycles. The first-order chi connectivity index (χ1) is 10.1. The Morgan fingerprint density at radius 1 is 1.33 bits per heavy atom. The molecule has 2 rings (SSSR count). The van der Waals surface area contributed by atoms with Gasteiger partial charge < -0.3 is 10.1 Å². The van der Waals surface area contributed by atoms with Crippen molar-refractivity contribution in [3.8, 4) is 0 Å². The molecule has 21 heavy (non-hydrogen) atoms. The van der Waals surface area contributed by atoms with Crippen LogP contribution in [0.2, 0.25) is 0 Å². The molecule has 1 N–H and O–H groups in total. The zero-order chi connectivity index (χ0) is 15.2. The Labute approximate surface area is 130 Å². The quantitative estimate of drug-likeness (QED) is 0.836. The number of aromatic nitrogens is 2. The summed E-state index contributed by atoms with van der Waals surface area (Å²) in [4.78, 5) is 23.0. The zero-order valence-electron chi connectivity index (χ0n) is 11.4. The number of halogens is 1. The van der Waals surface area contributed by atoms with E-state index in [0.29, 0.717) is 5.69 Å². The van der Waals surface area contributed by atoms with Crippen molar-refractivity contribution in [2.24, 2.45) is 0 Å². The minimum Gasteiger partial charge on any atom is -0.468 e. The van der Waals surface area contributed by atoms with Crippen molar-refractivity contribution in [3.63, 3.8) is 0 Å². The van der Waals surface area contributed by atoms with Gasteiger partial charge in [0.15, 0.2) is 0 Å². The number of rotatable bonds is 5. The van der Waals surface area contributed by atoms with Crippen molar-refractivity contribution in [2.45, 2.75) is 13.0 Å². The predicted molar refractivity (Wildman–Crippen MR) is 80.7 cm³/mol. The van der Waals surface area contributed by atoms with Crippen LogP contribution >= 0.6 is 15.9 Å². The van der Waals surface area contributed by atoms with Crippen molar-refractivity contribution in [1.29, 1.82) is 0 Å². The van der Waals surface area contributed by atoms with Gasteiger partial charge in [-0.3, -0.25) is 14.3 Å². The topological polar surface area (TPSA) is 73.2 Å². The molecule has 0 fully saturated rings. The minimum absolute atomic E-state index is 0.0130. The summed E-state index contributed by atoms with van der Waals surface area (Å²) in [5.41, 5.74) is 1.46. The Morgan fingerprint density at radius 3 is 2.71 bits per heavy atom. The highest BCUT2D eigenvalue weighted by Gasteiger charge is 2.08. The average molecular weight is 352 g/mol. The maximum absolute atomic E-state index is 11.9. The smallest absolute Gasteiger partial charge is 0.327 e. The molecule has 1 amide bonds. The summed E-state index contributed by atoms with van der Waals surface area (Å²) in [6, 6.07) is 7.53. The third-order valence-electron chi connectivity index (χ3n) is 2.71. The van der Waals surface area contributed by atoms with Crippen LogP contribution in [0.25, 0.3) is 0 Å². The van der Waals surface area contributed by atoms with Crippen LogP contribution in [0.15, 0.2) is 41.1 Å². The van der Waals surface area contributed by atoms with Crippen molar-refractivity contribution in [1.82, 2.24) is 9.78 Å². The number of ether oxygens (including phenoxy) is 1. The lowest BCUT2D eigenvalue weighted by Gasteiger charge is -2.03. The maximum atomic E-state index is 11.9. The number of nitrogens with one attached hydrogen (secondary N) is 1. The van der Waals surface area contributed by atoms with E-state index < -0.39 is 5.97 Å². The standard InChI is InChI=1S/C14H14BrN3O3/c1-21-14(20)9-18-8-12(7-16-18)17-13(19)6-10-2-4-11(15)5-3-10/h2-5,7-8H,6,9H2,1H3,(H,17,19). The number of amides is 1. The van der Waals surface area contributed by atoms with Crippen LogP contribution in [0.4, 0.5) is 5.69 Å². The highest BCUT2D eigenvalue weighted by molar-refractivity contribution is 9.10. The van der Waals surface area contributed by atoms with Crippen LogP contribution in [-0.2, 0) is 27.3 Å². The number of carbonyl (C=O) groups excluding carboxylic acids is 2. The first-order valence-corrected chi connectivity index (χ1v) is 6.99. The number of carbonyl (C=O) groups is 2. The van der Waals surface area contributed by atoms with E-state index in [1.807, 2.05) is 24.3 Å². The van der Waals surface area contributed by atoms with Gasteiger partial charge in [0, 0.05) is 10.7 Å². The van der Waals surface area contributed by atoms with Crippen LogP contribution in [-0.4, -0.2) is 28.8 Å². The lowest BCUT2D eigenvalue weighted by atomic mass is 10.1. The van der Waals surface area contributed by atoms with Gasteiger partial charge in [-0.1, -0.05) is 28.1 Å². The molecule has 0 saturated heterocycles. The minimum atomic E-state index is -0.397. The molecule has 0 aliphatic carbocycles. The van der Waals surface area contributed by atoms with Gasteiger partial charge in [-0.25, -0.2) is 0 Å². The summed E-state index contributed by atoms with van der Waals surface area (Å²) in [7, 11) is 1.31. The van der Waals surface area contributed by atoms with E-state index in [1.54, 1.807) is 6.20 Å². The summed E-state index contributed by atoms with van der Waals surface area (Å²) < 4.78 is 6.91. The second-order valence-electron chi connectivity index (χ2n) is 4.35. The molecular formula is C14H14BrN3O3. The van der Waals surface area contributed by atoms with Crippen LogP contribution in [0.5, 0.6) is 0 Å². The summed E-state index contributed by atoms with van der Waals surface area (Å²) in [6.07, 6.45) is 3.34. The summed E-state index contributed by atoms with van der Waals surface area (Å²) in [5, 5.41) is 6.70. The van der Waals surface area contributed by atoms with E-state index in [9.17, 15) is 9.59 Å². The second kappa shape index (κ2) is 7.03. The Kier molecular flexibility index (Phi) is 5.10. The number of esters is 1. The normalized spacial score (nSPS) is 10.2. The van der Waals surface area contributed by atoms with Gasteiger partial charge in [-0.2, -0.15) is 5.10 Å². The molecule has 0 radical (unpaired) electrons. The Balaban J connectivity index is 1.90. The second-order valence-corrected chi connectivity index (χ2v) is 5.27. The van der Waals surface area contributed by atoms with E-state index in [-0.39, 0.29) is 18.9 Å². The maximum Gasteiger partial charge on any atom is 0.327 e. The molecule has 6 nitrogen and oxygen atoms in total. The molecule has 110 valence electrons. The zero-order valence-corrected chi connectivity index (χ0v) is 13.0. The summed E-state index contributed by atoms with van der Waals surface area (Å²) in [6.45, 7) is 0.0130. The van der Waals surface area contributed by atoms with E-state index in [4.69, 9.17) is 0 Å². The molecule has 1 heterocycles. The lowest BCUT2D eigenvalue weighted by Crippen LogP contribution is -2.14. The van der Waals surface area contributed by atoms with E-state index in [2.05, 4.69) is 31.1 Å². The third-order valence-corrected chi connectivity index (χ3v) is 3.24. The van der Waals surface area contributed by atoms with Gasteiger partial charge in [0.25, 0.3) is 0 Å². The molecule has 1 aromatic carbocycles. The summed E-state index contributed by atoms with van der Waals surface area (Å²) in [5.74, 6) is -0.541. The first kappa shape index (κ1) is 15.2. The van der Waals surface area contributed by atoms with Crippen LogP contribution in [0.3, 0.4) is 0 Å². The Bertz CT molecular complexity index is 637. The van der Waals surface area contributed by atoms with Crippen LogP contribution < -0.4 is 5.32 Å². The number of anilines is 1. The van der Waals surface area contributed by atoms with E-state index >= 15 is 0 Å². The van der Waals surface area contributed by atoms with Crippen molar-refractivity contribution in [3.05, 3.63) is 46.7 Å².